The molecule has 30 heavy (non-hydrogen) atoms. The predicted molar refractivity (Wildman–Crippen MR) is 128 cm³/mol. The summed E-state index contributed by atoms with van der Waals surface area (Å²) in [6.45, 7) is 5.91. The summed E-state index contributed by atoms with van der Waals surface area (Å²) in [7, 11) is 3.17. The number of benzene rings is 1. The zero-order valence-corrected chi connectivity index (χ0v) is 20.5. The smallest absolute Gasteiger partial charge is 0.191 e. The van der Waals surface area contributed by atoms with E-state index in [4.69, 9.17) is 18.9 Å². The molecule has 172 valence electrons. The number of nitrogens with zero attached hydrogens (tertiary/aromatic N) is 1. The Balaban J connectivity index is 0.00000450. The molecule has 1 fully saturated rings. The first-order chi connectivity index (χ1) is 14.2. The van der Waals surface area contributed by atoms with Crippen LogP contribution in [-0.2, 0) is 9.47 Å². The number of hydrogen-bond donors (Lipinski definition) is 3. The average molecular weight is 537 g/mol. The molecule has 1 aromatic rings. The van der Waals surface area contributed by atoms with Gasteiger partial charge in [-0.2, -0.15) is 0 Å². The fourth-order valence-corrected chi connectivity index (χ4v) is 3.02. The van der Waals surface area contributed by atoms with Gasteiger partial charge in [0.1, 0.15) is 11.5 Å². The van der Waals surface area contributed by atoms with E-state index in [0.717, 1.165) is 39.0 Å². The summed E-state index contributed by atoms with van der Waals surface area (Å²) in [5.74, 6) is 1.94. The molecule has 0 saturated carbocycles. The molecule has 1 aliphatic heterocycles. The van der Waals surface area contributed by atoms with Gasteiger partial charge in [-0.1, -0.05) is 0 Å². The molecule has 1 heterocycles. The number of methoxy groups -OCH3 is 2. The van der Waals surface area contributed by atoms with Crippen LogP contribution < -0.4 is 20.1 Å². The lowest BCUT2D eigenvalue weighted by Crippen LogP contribution is -2.38. The Morgan fingerprint density at radius 2 is 1.97 bits per heavy atom. The normalized spacial score (nSPS) is 17.2. The van der Waals surface area contributed by atoms with Gasteiger partial charge in [0.25, 0.3) is 0 Å². The Morgan fingerprint density at radius 3 is 2.57 bits per heavy atom. The molecule has 2 atom stereocenters. The molecule has 2 unspecified atom stereocenters. The lowest BCUT2D eigenvalue weighted by molar-refractivity contribution is 0.0168. The van der Waals surface area contributed by atoms with Gasteiger partial charge >= 0.3 is 0 Å². The molecule has 0 bridgehead atoms. The molecule has 8 nitrogen and oxygen atoms in total. The summed E-state index contributed by atoms with van der Waals surface area (Å²) in [6, 6.07) is 5.34. The molecule has 1 aromatic carbocycles. The van der Waals surface area contributed by atoms with Crippen molar-refractivity contribution >= 4 is 29.9 Å². The van der Waals surface area contributed by atoms with Crippen LogP contribution >= 0.6 is 24.0 Å². The van der Waals surface area contributed by atoms with Crippen molar-refractivity contribution in [2.75, 3.05) is 53.7 Å². The van der Waals surface area contributed by atoms with Crippen LogP contribution in [0.25, 0.3) is 0 Å². The molecule has 0 aromatic heterocycles. The number of aliphatic hydroxyl groups excluding tert-OH is 1. The van der Waals surface area contributed by atoms with E-state index in [0.29, 0.717) is 36.2 Å². The van der Waals surface area contributed by atoms with Crippen LogP contribution in [0.1, 0.15) is 37.9 Å². The Hall–Kier alpha value is -1.30. The lowest BCUT2D eigenvalue weighted by Gasteiger charge is -2.15. The predicted octanol–water partition coefficient (Wildman–Crippen LogP) is 2.50. The van der Waals surface area contributed by atoms with Crippen LogP contribution in [0.3, 0.4) is 0 Å². The minimum atomic E-state index is -0.760. The van der Waals surface area contributed by atoms with Gasteiger partial charge in [0.05, 0.1) is 39.6 Å². The first-order valence-electron chi connectivity index (χ1n) is 10.3. The monoisotopic (exact) mass is 537 g/mol. The third-order valence-electron chi connectivity index (χ3n) is 4.61. The number of guanidine groups is 1. The highest BCUT2D eigenvalue weighted by atomic mass is 127. The van der Waals surface area contributed by atoms with Crippen molar-refractivity contribution in [1.82, 2.24) is 10.6 Å². The summed E-state index contributed by atoms with van der Waals surface area (Å²) in [5, 5.41) is 17.0. The van der Waals surface area contributed by atoms with Gasteiger partial charge in [-0.15, -0.1) is 24.0 Å². The maximum atomic E-state index is 10.5. The van der Waals surface area contributed by atoms with E-state index in [1.807, 2.05) is 6.92 Å². The molecule has 0 amide bonds. The second-order valence-electron chi connectivity index (χ2n) is 6.87. The summed E-state index contributed by atoms with van der Waals surface area (Å²) >= 11 is 0. The third kappa shape index (κ3) is 9.67. The molecule has 0 spiro atoms. The SMILES string of the molecule is CCNC(=NCC(O)c1cc(OC)cc(OC)c1)NCCCOCC1CCCO1.I. The largest absolute Gasteiger partial charge is 0.497 e. The van der Waals surface area contributed by atoms with Crippen molar-refractivity contribution in [3.05, 3.63) is 23.8 Å². The van der Waals surface area contributed by atoms with Gasteiger partial charge in [0, 0.05) is 32.4 Å². The van der Waals surface area contributed by atoms with Gasteiger partial charge in [-0.3, -0.25) is 4.99 Å². The second-order valence-corrected chi connectivity index (χ2v) is 6.87. The second kappa shape index (κ2) is 15.5. The standard InChI is InChI=1S/C21H35N3O5.HI/c1-4-22-21(23-8-6-9-28-15-17-7-5-10-29-17)24-14-20(25)16-11-18(26-2)13-19(12-16)27-3;/h11-13,17,20,25H,4-10,14-15H2,1-3H3,(H2,22,23,24);1H. The summed E-state index contributed by atoms with van der Waals surface area (Å²) in [4.78, 5) is 4.48. The molecule has 9 heteroatoms. The van der Waals surface area contributed by atoms with Crippen molar-refractivity contribution in [3.63, 3.8) is 0 Å². The van der Waals surface area contributed by atoms with E-state index in [1.54, 1.807) is 32.4 Å². The summed E-state index contributed by atoms with van der Waals surface area (Å²) in [6.07, 6.45) is 2.60. The fourth-order valence-electron chi connectivity index (χ4n) is 3.02. The number of nitrogens with one attached hydrogen (secondary N) is 2. The molecule has 1 saturated heterocycles. The Bertz CT molecular complexity index is 604. The number of aliphatic hydroxyl groups is 1. The number of aliphatic imine (C=N–C) groups is 1. The first-order valence-corrected chi connectivity index (χ1v) is 10.3. The number of halogens is 1. The van der Waals surface area contributed by atoms with Gasteiger partial charge in [-0.05, 0) is 43.9 Å². The third-order valence-corrected chi connectivity index (χ3v) is 4.61. The molecule has 2 rings (SSSR count). The van der Waals surface area contributed by atoms with Crippen LogP contribution in [0, 0.1) is 0 Å². The number of rotatable bonds is 12. The van der Waals surface area contributed by atoms with Crippen LogP contribution in [0.4, 0.5) is 0 Å². The number of ether oxygens (including phenoxy) is 4. The van der Waals surface area contributed by atoms with E-state index in [2.05, 4.69) is 15.6 Å². The van der Waals surface area contributed by atoms with Gasteiger partial charge in [0.2, 0.25) is 0 Å². The van der Waals surface area contributed by atoms with Crippen molar-refractivity contribution in [1.29, 1.82) is 0 Å². The molecule has 3 N–H and O–H groups in total. The van der Waals surface area contributed by atoms with E-state index >= 15 is 0 Å². The van der Waals surface area contributed by atoms with E-state index in [-0.39, 0.29) is 36.6 Å². The molecule has 0 radical (unpaired) electrons. The van der Waals surface area contributed by atoms with Crippen LogP contribution in [0.5, 0.6) is 11.5 Å². The first kappa shape index (κ1) is 26.7. The van der Waals surface area contributed by atoms with Crippen LogP contribution in [0.2, 0.25) is 0 Å². The zero-order valence-electron chi connectivity index (χ0n) is 18.2. The van der Waals surface area contributed by atoms with Crippen molar-refractivity contribution in [2.45, 2.75) is 38.4 Å². The Labute approximate surface area is 196 Å². The summed E-state index contributed by atoms with van der Waals surface area (Å²) < 4.78 is 21.7. The fraction of sp³-hybridized carbons (Fsp3) is 0.667. The highest BCUT2D eigenvalue weighted by molar-refractivity contribution is 14.0. The minimum Gasteiger partial charge on any atom is -0.497 e. The number of hydrogen-bond acceptors (Lipinski definition) is 6. The van der Waals surface area contributed by atoms with Crippen LogP contribution in [0.15, 0.2) is 23.2 Å². The van der Waals surface area contributed by atoms with Gasteiger partial charge < -0.3 is 34.7 Å². The van der Waals surface area contributed by atoms with E-state index in [1.165, 1.54) is 0 Å². The van der Waals surface area contributed by atoms with Crippen LogP contribution in [-0.4, -0.2) is 70.8 Å². The molecule has 0 aliphatic carbocycles. The molecule has 1 aliphatic rings. The maximum absolute atomic E-state index is 10.5. The minimum absolute atomic E-state index is 0. The highest BCUT2D eigenvalue weighted by Gasteiger charge is 2.15. The quantitative estimate of drug-likeness (QED) is 0.163. The van der Waals surface area contributed by atoms with Gasteiger partial charge in [0.15, 0.2) is 5.96 Å². The van der Waals surface area contributed by atoms with Crippen molar-refractivity contribution < 1.29 is 24.1 Å². The van der Waals surface area contributed by atoms with E-state index in [9.17, 15) is 5.11 Å². The Morgan fingerprint density at radius 1 is 1.23 bits per heavy atom. The highest BCUT2D eigenvalue weighted by Crippen LogP contribution is 2.26. The lowest BCUT2D eigenvalue weighted by atomic mass is 10.1. The summed E-state index contributed by atoms with van der Waals surface area (Å²) in [5.41, 5.74) is 0.698. The maximum Gasteiger partial charge on any atom is 0.191 e. The van der Waals surface area contributed by atoms with E-state index < -0.39 is 6.10 Å². The average Bonchev–Trinajstić information content (AvgIpc) is 3.27. The molecular formula is C21H36IN3O5. The zero-order chi connectivity index (χ0) is 20.9. The topological polar surface area (TPSA) is 93.6 Å². The molecular weight excluding hydrogens is 501 g/mol. The Kier molecular flexibility index (Phi) is 13.8. The van der Waals surface area contributed by atoms with Crippen molar-refractivity contribution in [3.8, 4) is 11.5 Å². The van der Waals surface area contributed by atoms with Crippen molar-refractivity contribution in [2.24, 2.45) is 4.99 Å². The van der Waals surface area contributed by atoms with Gasteiger partial charge in [-0.25, -0.2) is 0 Å².